The van der Waals surface area contributed by atoms with Crippen molar-refractivity contribution in [1.29, 1.82) is 0 Å². The van der Waals surface area contributed by atoms with Crippen molar-refractivity contribution in [2.75, 3.05) is 52.4 Å². The minimum atomic E-state index is 0.720. The van der Waals surface area contributed by atoms with Crippen LogP contribution in [-0.2, 0) is 0 Å². The SMILES string of the molecule is CCN1CCCC(CN2CCN(C(C)C)CC2)C1. The standard InChI is InChI=1S/C15H31N3/c1-4-16-7-5-6-15(12-16)13-17-8-10-18(11-9-17)14(2)3/h14-15H,4-13H2,1-3H3. The Hall–Kier alpha value is -0.120. The van der Waals surface area contributed by atoms with Crippen LogP contribution >= 0.6 is 0 Å². The maximum absolute atomic E-state index is 2.70. The Bertz CT molecular complexity index is 234. The second-order valence-corrected chi connectivity index (χ2v) is 6.33. The monoisotopic (exact) mass is 253 g/mol. The van der Waals surface area contributed by atoms with Gasteiger partial charge in [-0.2, -0.15) is 0 Å². The summed E-state index contributed by atoms with van der Waals surface area (Å²) in [5.74, 6) is 0.921. The first-order valence-corrected chi connectivity index (χ1v) is 7.87. The average molecular weight is 253 g/mol. The van der Waals surface area contributed by atoms with E-state index < -0.39 is 0 Å². The normalized spacial score (nSPS) is 29.0. The lowest BCUT2D eigenvalue weighted by molar-refractivity contribution is 0.0781. The summed E-state index contributed by atoms with van der Waals surface area (Å²) in [6.45, 7) is 17.2. The molecule has 2 saturated heterocycles. The molecule has 0 aromatic rings. The molecule has 2 fully saturated rings. The zero-order valence-corrected chi connectivity index (χ0v) is 12.6. The number of nitrogens with zero attached hydrogens (tertiary/aromatic N) is 3. The largest absolute Gasteiger partial charge is 0.303 e. The number of piperidine rings is 1. The molecule has 0 spiro atoms. The quantitative estimate of drug-likeness (QED) is 0.756. The van der Waals surface area contributed by atoms with E-state index in [4.69, 9.17) is 0 Å². The molecule has 0 aromatic heterocycles. The van der Waals surface area contributed by atoms with Crippen molar-refractivity contribution in [2.45, 2.75) is 39.7 Å². The minimum Gasteiger partial charge on any atom is -0.303 e. The van der Waals surface area contributed by atoms with Gasteiger partial charge in [0.05, 0.1) is 0 Å². The molecule has 0 amide bonds. The van der Waals surface area contributed by atoms with Crippen LogP contribution in [0.2, 0.25) is 0 Å². The molecule has 3 nitrogen and oxygen atoms in total. The molecule has 3 heteroatoms. The van der Waals surface area contributed by atoms with Gasteiger partial charge in [-0.05, 0) is 45.7 Å². The number of hydrogen-bond donors (Lipinski definition) is 0. The molecule has 106 valence electrons. The van der Waals surface area contributed by atoms with E-state index in [2.05, 4.69) is 35.5 Å². The molecule has 0 saturated carbocycles. The van der Waals surface area contributed by atoms with Crippen LogP contribution in [-0.4, -0.2) is 73.1 Å². The van der Waals surface area contributed by atoms with Crippen LogP contribution in [0.4, 0.5) is 0 Å². The fraction of sp³-hybridized carbons (Fsp3) is 1.00. The minimum absolute atomic E-state index is 0.720. The third-order valence-corrected chi connectivity index (χ3v) is 4.70. The molecule has 0 aromatic carbocycles. The first-order valence-electron chi connectivity index (χ1n) is 7.87. The predicted molar refractivity (Wildman–Crippen MR) is 78.0 cm³/mol. The van der Waals surface area contributed by atoms with Gasteiger partial charge in [0.25, 0.3) is 0 Å². The fourth-order valence-corrected chi connectivity index (χ4v) is 3.41. The summed E-state index contributed by atoms with van der Waals surface area (Å²) in [4.78, 5) is 7.93. The lowest BCUT2D eigenvalue weighted by Crippen LogP contribution is -2.51. The summed E-state index contributed by atoms with van der Waals surface area (Å²) in [5, 5.41) is 0. The third-order valence-electron chi connectivity index (χ3n) is 4.70. The Balaban J connectivity index is 1.71. The smallest absolute Gasteiger partial charge is 0.0113 e. The first-order chi connectivity index (χ1) is 8.69. The van der Waals surface area contributed by atoms with Crippen LogP contribution in [0.1, 0.15) is 33.6 Å². The van der Waals surface area contributed by atoms with Gasteiger partial charge in [0, 0.05) is 45.3 Å². The van der Waals surface area contributed by atoms with E-state index in [0.717, 1.165) is 12.0 Å². The highest BCUT2D eigenvalue weighted by molar-refractivity contribution is 4.79. The van der Waals surface area contributed by atoms with Gasteiger partial charge < -0.3 is 9.80 Å². The van der Waals surface area contributed by atoms with Crippen LogP contribution in [0.15, 0.2) is 0 Å². The number of rotatable bonds is 4. The van der Waals surface area contributed by atoms with Gasteiger partial charge in [-0.25, -0.2) is 0 Å². The first kappa shape index (κ1) is 14.3. The maximum Gasteiger partial charge on any atom is 0.0113 e. The van der Waals surface area contributed by atoms with Crippen molar-refractivity contribution in [3.05, 3.63) is 0 Å². The van der Waals surface area contributed by atoms with Gasteiger partial charge in [0.15, 0.2) is 0 Å². The molecule has 0 N–H and O–H groups in total. The summed E-state index contributed by atoms with van der Waals surface area (Å²) in [6, 6.07) is 0.720. The van der Waals surface area contributed by atoms with E-state index in [1.54, 1.807) is 0 Å². The lowest BCUT2D eigenvalue weighted by Gasteiger charge is -2.40. The second-order valence-electron chi connectivity index (χ2n) is 6.33. The maximum atomic E-state index is 2.70. The van der Waals surface area contributed by atoms with Crippen molar-refractivity contribution in [2.24, 2.45) is 5.92 Å². The van der Waals surface area contributed by atoms with Crippen LogP contribution in [0.25, 0.3) is 0 Å². The fourth-order valence-electron chi connectivity index (χ4n) is 3.41. The van der Waals surface area contributed by atoms with Gasteiger partial charge in [-0.1, -0.05) is 6.92 Å². The van der Waals surface area contributed by atoms with Gasteiger partial charge in [-0.15, -0.1) is 0 Å². The zero-order chi connectivity index (χ0) is 13.0. The Kier molecular flexibility index (Phi) is 5.46. The Morgan fingerprint density at radius 3 is 2.33 bits per heavy atom. The van der Waals surface area contributed by atoms with E-state index >= 15 is 0 Å². The third kappa shape index (κ3) is 3.94. The summed E-state index contributed by atoms with van der Waals surface area (Å²) in [7, 11) is 0. The van der Waals surface area contributed by atoms with E-state index in [-0.39, 0.29) is 0 Å². The summed E-state index contributed by atoms with van der Waals surface area (Å²) < 4.78 is 0. The highest BCUT2D eigenvalue weighted by Gasteiger charge is 2.24. The van der Waals surface area contributed by atoms with E-state index in [1.807, 2.05) is 0 Å². The molecule has 0 radical (unpaired) electrons. The van der Waals surface area contributed by atoms with Crippen LogP contribution < -0.4 is 0 Å². The summed E-state index contributed by atoms with van der Waals surface area (Å²) >= 11 is 0. The lowest BCUT2D eigenvalue weighted by atomic mass is 9.97. The number of hydrogen-bond acceptors (Lipinski definition) is 3. The molecule has 0 bridgehead atoms. The molecule has 18 heavy (non-hydrogen) atoms. The van der Waals surface area contributed by atoms with Crippen molar-refractivity contribution < 1.29 is 0 Å². The summed E-state index contributed by atoms with van der Waals surface area (Å²) in [5.41, 5.74) is 0. The molecule has 1 atom stereocenters. The predicted octanol–water partition coefficient (Wildman–Crippen LogP) is 1.74. The van der Waals surface area contributed by atoms with Gasteiger partial charge in [-0.3, -0.25) is 4.90 Å². The summed E-state index contributed by atoms with van der Waals surface area (Å²) in [6.07, 6.45) is 2.85. The zero-order valence-electron chi connectivity index (χ0n) is 12.6. The van der Waals surface area contributed by atoms with Crippen LogP contribution in [0.5, 0.6) is 0 Å². The van der Waals surface area contributed by atoms with Crippen LogP contribution in [0.3, 0.4) is 0 Å². The van der Waals surface area contributed by atoms with Gasteiger partial charge in [0.1, 0.15) is 0 Å². The number of piperazine rings is 1. The van der Waals surface area contributed by atoms with Crippen molar-refractivity contribution in [3.8, 4) is 0 Å². The van der Waals surface area contributed by atoms with E-state index in [9.17, 15) is 0 Å². The molecule has 0 aliphatic carbocycles. The second kappa shape index (κ2) is 6.88. The molecule has 1 unspecified atom stereocenters. The highest BCUT2D eigenvalue weighted by Crippen LogP contribution is 2.18. The van der Waals surface area contributed by atoms with Gasteiger partial charge in [0.2, 0.25) is 0 Å². The Labute approximate surface area is 113 Å². The van der Waals surface area contributed by atoms with Crippen molar-refractivity contribution >= 4 is 0 Å². The Morgan fingerprint density at radius 2 is 1.72 bits per heavy atom. The molecule has 2 heterocycles. The molecular weight excluding hydrogens is 222 g/mol. The molecule has 2 aliphatic heterocycles. The van der Waals surface area contributed by atoms with Gasteiger partial charge >= 0.3 is 0 Å². The van der Waals surface area contributed by atoms with E-state index in [1.165, 1.54) is 65.2 Å². The molecular formula is C15H31N3. The highest BCUT2D eigenvalue weighted by atomic mass is 15.3. The number of likely N-dealkylation sites (tertiary alicyclic amines) is 1. The molecule has 2 aliphatic rings. The topological polar surface area (TPSA) is 9.72 Å². The van der Waals surface area contributed by atoms with Crippen LogP contribution in [0, 0.1) is 5.92 Å². The van der Waals surface area contributed by atoms with E-state index in [0.29, 0.717) is 0 Å². The van der Waals surface area contributed by atoms with Crippen molar-refractivity contribution in [1.82, 2.24) is 14.7 Å². The molecule has 2 rings (SSSR count). The Morgan fingerprint density at radius 1 is 1.00 bits per heavy atom. The average Bonchev–Trinajstić information content (AvgIpc) is 2.39. The van der Waals surface area contributed by atoms with Crippen molar-refractivity contribution in [3.63, 3.8) is 0 Å².